The molecule has 0 spiro atoms. The maximum Gasteiger partial charge on any atom is 0.319 e. The topological polar surface area (TPSA) is 113 Å². The smallest absolute Gasteiger partial charge is 0.319 e. The first-order valence-electron chi connectivity index (χ1n) is 18.0. The molecule has 2 saturated heterocycles. The molecule has 268 valence electrons. The van der Waals surface area contributed by atoms with Gasteiger partial charge in [-0.15, -0.1) is 0 Å². The van der Waals surface area contributed by atoms with Gasteiger partial charge in [0.15, 0.2) is 6.29 Å². The Labute approximate surface area is 304 Å². The van der Waals surface area contributed by atoms with Crippen LogP contribution in [0.1, 0.15) is 53.9 Å². The summed E-state index contributed by atoms with van der Waals surface area (Å²) in [5.74, 6) is 1.44. The van der Waals surface area contributed by atoms with Gasteiger partial charge in [-0.25, -0.2) is 4.79 Å². The number of nitrogens with zero attached hydrogens (tertiary/aromatic N) is 1. The van der Waals surface area contributed by atoms with Crippen molar-refractivity contribution in [2.45, 2.75) is 57.0 Å². The zero-order chi connectivity index (χ0) is 35.7. The highest BCUT2D eigenvalue weighted by Gasteiger charge is 2.35. The van der Waals surface area contributed by atoms with E-state index in [4.69, 9.17) is 14.2 Å². The first kappa shape index (κ1) is 35.4. The number of likely N-dealkylation sites (tertiary alicyclic amines) is 1. The maximum atomic E-state index is 12.7. The number of anilines is 1. The number of para-hydroxylation sites is 1. The average Bonchev–Trinajstić information content (AvgIpc) is 3.65. The molecule has 2 aliphatic rings. The number of hydrogen-bond acceptors (Lipinski definition) is 7. The SMILES string of the molecule is O=C(NCc1cccc(-c2ccc([C@@H]3O[C@H](CN4CCC[C@H]4CO)C[C@H](c4ccc(CO)cc4)O3)cc2)c1)Nc1ccc(Oc2ccccc2)cc1. The summed E-state index contributed by atoms with van der Waals surface area (Å²) in [7, 11) is 0. The summed E-state index contributed by atoms with van der Waals surface area (Å²) in [5, 5.41) is 25.3. The second-order valence-electron chi connectivity index (χ2n) is 13.4. The van der Waals surface area contributed by atoms with Crippen LogP contribution in [0.4, 0.5) is 10.5 Å². The van der Waals surface area contributed by atoms with Crippen molar-refractivity contribution < 1.29 is 29.2 Å². The number of aliphatic hydroxyl groups excluding tert-OH is 2. The number of ether oxygens (including phenoxy) is 3. The lowest BCUT2D eigenvalue weighted by Crippen LogP contribution is -2.42. The Morgan fingerprint density at radius 2 is 1.52 bits per heavy atom. The second-order valence-corrected chi connectivity index (χ2v) is 13.4. The van der Waals surface area contributed by atoms with Crippen molar-refractivity contribution in [1.29, 1.82) is 0 Å². The standard InChI is InChI=1S/C43H45N3O6/c47-28-30-11-13-33(14-12-30)41-25-40(27-46-23-5-8-37(46)29-48)51-42(52-41)34-17-15-32(16-18-34)35-7-4-6-31(24-35)26-44-43(49)45-36-19-21-39(22-20-36)50-38-9-2-1-3-10-38/h1-4,6-7,9-22,24,37,40-42,47-48H,5,8,23,25-29H2,(H2,44,45,49)/t37-,40-,41+,42+/m0/s1. The highest BCUT2D eigenvalue weighted by Crippen LogP contribution is 2.39. The monoisotopic (exact) mass is 699 g/mol. The highest BCUT2D eigenvalue weighted by atomic mass is 16.7. The molecule has 0 bridgehead atoms. The van der Waals surface area contributed by atoms with E-state index in [9.17, 15) is 15.0 Å². The number of carbonyl (C=O) groups is 1. The van der Waals surface area contributed by atoms with Crippen LogP contribution in [0, 0.1) is 0 Å². The molecule has 4 N–H and O–H groups in total. The summed E-state index contributed by atoms with van der Waals surface area (Å²) in [5.41, 5.74) is 6.57. The van der Waals surface area contributed by atoms with Gasteiger partial charge in [0.1, 0.15) is 11.5 Å². The summed E-state index contributed by atoms with van der Waals surface area (Å²) in [6.07, 6.45) is 2.00. The fourth-order valence-electron chi connectivity index (χ4n) is 6.92. The fraction of sp³-hybridized carbons (Fsp3) is 0.279. The number of carbonyl (C=O) groups excluding carboxylic acids is 1. The Morgan fingerprint density at radius 1 is 0.769 bits per heavy atom. The highest BCUT2D eigenvalue weighted by molar-refractivity contribution is 5.89. The van der Waals surface area contributed by atoms with Gasteiger partial charge >= 0.3 is 6.03 Å². The average molecular weight is 700 g/mol. The zero-order valence-electron chi connectivity index (χ0n) is 29.1. The summed E-state index contributed by atoms with van der Waals surface area (Å²) >= 11 is 0. The van der Waals surface area contributed by atoms with E-state index in [0.717, 1.165) is 65.1 Å². The number of urea groups is 1. The number of benzene rings is 5. The lowest BCUT2D eigenvalue weighted by molar-refractivity contribution is -0.253. The van der Waals surface area contributed by atoms with Crippen LogP contribution < -0.4 is 15.4 Å². The molecule has 52 heavy (non-hydrogen) atoms. The van der Waals surface area contributed by atoms with Gasteiger partial charge in [0, 0.05) is 36.8 Å². The third kappa shape index (κ3) is 9.06. The van der Waals surface area contributed by atoms with Crippen LogP contribution in [0.3, 0.4) is 0 Å². The third-order valence-corrected chi connectivity index (χ3v) is 9.75. The van der Waals surface area contributed by atoms with Crippen LogP contribution in [0.2, 0.25) is 0 Å². The van der Waals surface area contributed by atoms with Crippen molar-refractivity contribution in [3.63, 3.8) is 0 Å². The summed E-state index contributed by atoms with van der Waals surface area (Å²) in [6.45, 7) is 2.22. The molecule has 2 fully saturated rings. The molecule has 5 aromatic carbocycles. The van der Waals surface area contributed by atoms with Crippen LogP contribution in [-0.2, 0) is 22.6 Å². The van der Waals surface area contributed by atoms with Gasteiger partial charge in [0.25, 0.3) is 0 Å². The molecule has 2 amide bonds. The van der Waals surface area contributed by atoms with Crippen molar-refractivity contribution in [1.82, 2.24) is 10.2 Å². The molecular weight excluding hydrogens is 654 g/mol. The van der Waals surface area contributed by atoms with Crippen LogP contribution in [-0.4, -0.2) is 53.0 Å². The number of hydrogen-bond donors (Lipinski definition) is 4. The molecule has 9 nitrogen and oxygen atoms in total. The third-order valence-electron chi connectivity index (χ3n) is 9.75. The minimum Gasteiger partial charge on any atom is -0.457 e. The predicted octanol–water partition coefficient (Wildman–Crippen LogP) is 7.96. The van der Waals surface area contributed by atoms with Crippen molar-refractivity contribution >= 4 is 11.7 Å². The van der Waals surface area contributed by atoms with Crippen LogP contribution in [0.25, 0.3) is 11.1 Å². The molecule has 2 heterocycles. The van der Waals surface area contributed by atoms with Gasteiger partial charge in [-0.1, -0.05) is 84.9 Å². The van der Waals surface area contributed by atoms with E-state index in [1.54, 1.807) is 12.1 Å². The molecule has 7 rings (SSSR count). The summed E-state index contributed by atoms with van der Waals surface area (Å²) in [4.78, 5) is 15.0. The van der Waals surface area contributed by atoms with E-state index >= 15 is 0 Å². The Balaban J connectivity index is 0.973. The molecule has 5 aromatic rings. The first-order chi connectivity index (χ1) is 25.5. The fourth-order valence-corrected chi connectivity index (χ4v) is 6.92. The van der Waals surface area contributed by atoms with Crippen molar-refractivity contribution in [2.75, 3.05) is 25.0 Å². The minimum absolute atomic E-state index is 0.000379. The number of rotatable bonds is 12. The predicted molar refractivity (Wildman–Crippen MR) is 201 cm³/mol. The van der Waals surface area contributed by atoms with Crippen LogP contribution in [0.15, 0.2) is 127 Å². The quantitative estimate of drug-likeness (QED) is 0.105. The molecule has 9 heteroatoms. The summed E-state index contributed by atoms with van der Waals surface area (Å²) < 4.78 is 19.0. The van der Waals surface area contributed by atoms with Crippen molar-refractivity contribution in [2.24, 2.45) is 0 Å². The van der Waals surface area contributed by atoms with Gasteiger partial charge in [0.05, 0.1) is 25.4 Å². The molecule has 0 radical (unpaired) electrons. The summed E-state index contributed by atoms with van der Waals surface area (Å²) in [6, 6.07) is 41.0. The Kier molecular flexibility index (Phi) is 11.6. The Morgan fingerprint density at radius 3 is 2.27 bits per heavy atom. The lowest BCUT2D eigenvalue weighted by Gasteiger charge is -2.38. The molecule has 4 atom stereocenters. The number of nitrogens with one attached hydrogen (secondary N) is 2. The van der Waals surface area contributed by atoms with E-state index in [1.807, 2.05) is 78.9 Å². The van der Waals surface area contributed by atoms with E-state index in [0.29, 0.717) is 24.4 Å². The zero-order valence-corrected chi connectivity index (χ0v) is 29.1. The number of amides is 2. The van der Waals surface area contributed by atoms with Crippen molar-refractivity contribution in [3.05, 3.63) is 150 Å². The normalized spacial score (nSPS) is 20.3. The van der Waals surface area contributed by atoms with Gasteiger partial charge in [-0.05, 0) is 89.7 Å². The van der Waals surface area contributed by atoms with Gasteiger partial charge in [-0.2, -0.15) is 0 Å². The minimum atomic E-state index is -0.549. The Hall–Kier alpha value is -5.03. The van der Waals surface area contributed by atoms with E-state index in [1.165, 1.54) is 0 Å². The maximum absolute atomic E-state index is 12.7. The van der Waals surface area contributed by atoms with Gasteiger partial charge in [0.2, 0.25) is 0 Å². The molecule has 0 saturated carbocycles. The van der Waals surface area contributed by atoms with Crippen LogP contribution >= 0.6 is 0 Å². The van der Waals surface area contributed by atoms with Gasteiger partial charge < -0.3 is 35.1 Å². The van der Waals surface area contributed by atoms with Crippen molar-refractivity contribution in [3.8, 4) is 22.6 Å². The molecule has 2 aliphatic heterocycles. The molecule has 0 aliphatic carbocycles. The molecule has 0 aromatic heterocycles. The van der Waals surface area contributed by atoms with Gasteiger partial charge in [-0.3, -0.25) is 4.90 Å². The molecule has 0 unspecified atom stereocenters. The van der Waals surface area contributed by atoms with E-state index in [-0.39, 0.29) is 37.5 Å². The van der Waals surface area contributed by atoms with E-state index in [2.05, 4.69) is 51.9 Å². The lowest BCUT2D eigenvalue weighted by atomic mass is 9.99. The molecular formula is C43H45N3O6. The largest absolute Gasteiger partial charge is 0.457 e. The van der Waals surface area contributed by atoms with Crippen LogP contribution in [0.5, 0.6) is 11.5 Å². The first-order valence-corrected chi connectivity index (χ1v) is 18.0. The Bertz CT molecular complexity index is 1890. The van der Waals surface area contributed by atoms with E-state index < -0.39 is 6.29 Å². The number of aliphatic hydroxyl groups is 2. The second kappa shape index (κ2) is 17.0.